The van der Waals surface area contributed by atoms with Gasteiger partial charge in [-0.15, -0.1) is 0 Å². The lowest BCUT2D eigenvalue weighted by Gasteiger charge is -2.37. The molecule has 3 aromatic rings. The Kier molecular flexibility index (Phi) is 11.3. The number of carbonyl (C=O) groups is 3. The third kappa shape index (κ3) is 8.60. The van der Waals surface area contributed by atoms with Crippen LogP contribution < -0.4 is 10.7 Å². The second-order valence-electron chi connectivity index (χ2n) is 16.3. The first-order valence-corrected chi connectivity index (χ1v) is 19.0. The first kappa shape index (κ1) is 38.5. The van der Waals surface area contributed by atoms with E-state index < -0.39 is 35.2 Å². The minimum atomic E-state index is -0.900. The van der Waals surface area contributed by atoms with Gasteiger partial charge in [-0.25, -0.2) is 10.2 Å². The summed E-state index contributed by atoms with van der Waals surface area (Å²) in [6, 6.07) is 9.19. The molecule has 0 radical (unpaired) electrons. The number of amides is 2. The van der Waals surface area contributed by atoms with Gasteiger partial charge in [0.25, 0.3) is 5.91 Å². The Hall–Kier alpha value is -4.26. The first-order valence-electron chi connectivity index (χ1n) is 19.0. The van der Waals surface area contributed by atoms with Crippen molar-refractivity contribution in [3.05, 3.63) is 59.4 Å². The van der Waals surface area contributed by atoms with E-state index in [1.165, 1.54) is 16.1 Å². The molecule has 286 valence electrons. The van der Waals surface area contributed by atoms with Gasteiger partial charge in [0, 0.05) is 67.9 Å². The molecule has 2 aromatic heterocycles. The quantitative estimate of drug-likeness (QED) is 0.303. The van der Waals surface area contributed by atoms with E-state index in [1.807, 2.05) is 19.2 Å². The smallest absolute Gasteiger partial charge is 0.408 e. The molecule has 0 spiro atoms. The number of alkyl carbamates (subject to hydrolysis) is 1. The molecule has 1 fully saturated rings. The molecule has 2 N–H and O–H groups in total. The van der Waals surface area contributed by atoms with Crippen LogP contribution in [0.2, 0.25) is 0 Å². The fraction of sp³-hybridized carbons (Fsp3) is 0.561. The number of hydrazine groups is 1. The van der Waals surface area contributed by atoms with Crippen molar-refractivity contribution >= 4 is 34.4 Å². The molecule has 1 saturated heterocycles. The van der Waals surface area contributed by atoms with E-state index in [2.05, 4.69) is 71.3 Å². The predicted octanol–water partition coefficient (Wildman–Crippen LogP) is 6.03. The Bertz CT molecular complexity index is 1880. The van der Waals surface area contributed by atoms with Crippen LogP contribution in [0.1, 0.15) is 90.7 Å². The van der Waals surface area contributed by atoms with Crippen molar-refractivity contribution in [2.24, 2.45) is 5.41 Å². The number of esters is 1. The van der Waals surface area contributed by atoms with Crippen molar-refractivity contribution < 1.29 is 28.6 Å². The Morgan fingerprint density at radius 3 is 2.72 bits per heavy atom. The Labute approximate surface area is 313 Å². The van der Waals surface area contributed by atoms with Gasteiger partial charge in [0.1, 0.15) is 17.7 Å². The largest absolute Gasteiger partial charge is 0.464 e. The van der Waals surface area contributed by atoms with Gasteiger partial charge in [-0.2, -0.15) is 0 Å². The zero-order valence-corrected chi connectivity index (χ0v) is 32.6. The molecule has 53 heavy (non-hydrogen) atoms. The van der Waals surface area contributed by atoms with Gasteiger partial charge in [-0.05, 0) is 101 Å². The summed E-state index contributed by atoms with van der Waals surface area (Å²) in [5.74, 6) is -0.718. The highest BCUT2D eigenvalue weighted by molar-refractivity contribution is 5.95. The summed E-state index contributed by atoms with van der Waals surface area (Å²) in [5, 5.41) is 5.47. The van der Waals surface area contributed by atoms with Crippen LogP contribution in [0, 0.1) is 5.41 Å². The lowest BCUT2D eigenvalue weighted by Crippen LogP contribution is -2.62. The SMILES string of the molecule is CCn1c(-c2cccnc2[C@H](C)OC)c2c3cc(ccc31)C1=CCCN(C1)CC(NC(=O)OC(C)(C)C)C(=O)N1CCC[C@H](N1)C(=O)OCC(C)(C)C2. The number of pyridine rings is 1. The fourth-order valence-electron chi connectivity index (χ4n) is 7.76. The minimum absolute atomic E-state index is 0.188. The summed E-state index contributed by atoms with van der Waals surface area (Å²) in [4.78, 5) is 47.8. The zero-order valence-electron chi connectivity index (χ0n) is 32.6. The average Bonchev–Trinajstić information content (AvgIpc) is 3.43. The number of benzene rings is 1. The van der Waals surface area contributed by atoms with Gasteiger partial charge in [0.05, 0.1) is 24.1 Å². The van der Waals surface area contributed by atoms with Crippen LogP contribution in [-0.4, -0.2) is 95.0 Å². The second-order valence-corrected chi connectivity index (χ2v) is 16.3. The Morgan fingerprint density at radius 1 is 1.19 bits per heavy atom. The highest BCUT2D eigenvalue weighted by atomic mass is 16.6. The fourth-order valence-corrected chi connectivity index (χ4v) is 7.76. The number of carbonyl (C=O) groups excluding carboxylic acids is 3. The third-order valence-electron chi connectivity index (χ3n) is 10.3. The van der Waals surface area contributed by atoms with Crippen LogP contribution in [0.25, 0.3) is 27.7 Å². The van der Waals surface area contributed by atoms with Crippen LogP contribution in [0.4, 0.5) is 4.79 Å². The van der Waals surface area contributed by atoms with E-state index in [4.69, 9.17) is 19.2 Å². The molecule has 12 nitrogen and oxygen atoms in total. The number of nitrogens with zero attached hydrogens (tertiary/aromatic N) is 4. The normalized spacial score (nSPS) is 23.1. The summed E-state index contributed by atoms with van der Waals surface area (Å²) in [7, 11) is 1.70. The predicted molar refractivity (Wildman–Crippen MR) is 205 cm³/mol. The lowest BCUT2D eigenvalue weighted by molar-refractivity contribution is -0.155. The summed E-state index contributed by atoms with van der Waals surface area (Å²) in [6.07, 6.45) is 5.81. The van der Waals surface area contributed by atoms with Crippen molar-refractivity contribution in [2.45, 2.75) is 104 Å². The van der Waals surface area contributed by atoms with Crippen LogP contribution in [0.15, 0.2) is 42.6 Å². The zero-order chi connectivity index (χ0) is 38.1. The van der Waals surface area contributed by atoms with E-state index in [0.29, 0.717) is 32.4 Å². The molecule has 5 heterocycles. The van der Waals surface area contributed by atoms with E-state index in [0.717, 1.165) is 52.9 Å². The number of aryl methyl sites for hydroxylation is 1. The number of aromatic nitrogens is 2. The molecular weight excluding hydrogens is 672 g/mol. The molecule has 0 saturated carbocycles. The van der Waals surface area contributed by atoms with E-state index >= 15 is 0 Å². The number of nitrogens with one attached hydrogen (secondary N) is 2. The lowest BCUT2D eigenvalue weighted by atomic mass is 9.84. The molecule has 1 aromatic carbocycles. The van der Waals surface area contributed by atoms with Gasteiger partial charge in [0.2, 0.25) is 0 Å². The molecule has 6 bridgehead atoms. The van der Waals surface area contributed by atoms with Gasteiger partial charge >= 0.3 is 12.1 Å². The number of hydrogen-bond donors (Lipinski definition) is 2. The van der Waals surface area contributed by atoms with Gasteiger partial charge in [0.15, 0.2) is 0 Å². The van der Waals surface area contributed by atoms with Crippen LogP contribution >= 0.6 is 0 Å². The molecule has 2 amide bonds. The molecule has 12 heteroatoms. The maximum atomic E-state index is 14.1. The van der Waals surface area contributed by atoms with Crippen LogP contribution in [0.5, 0.6) is 0 Å². The number of ether oxygens (including phenoxy) is 3. The molecule has 3 aliphatic heterocycles. The summed E-state index contributed by atoms with van der Waals surface area (Å²) < 4.78 is 19.8. The van der Waals surface area contributed by atoms with Crippen molar-refractivity contribution in [1.29, 1.82) is 0 Å². The highest BCUT2D eigenvalue weighted by Crippen LogP contribution is 2.41. The van der Waals surface area contributed by atoms with Crippen molar-refractivity contribution in [2.75, 3.05) is 39.9 Å². The first-order chi connectivity index (χ1) is 25.2. The topological polar surface area (TPSA) is 127 Å². The number of fused-ring (bicyclic) bond motifs is 6. The average molecular weight is 729 g/mol. The standard InChI is InChI=1S/C41H56N6O6/c1-9-46-34-17-16-27-21-30(34)31(36(46)29-14-10-18-42-35(29)26(2)51-8)22-41(6,7)25-52-38(49)32-15-12-20-47(44-32)37(48)33(43-39(50)53-40(3,4)5)24-45-19-11-13-28(27)23-45/h10,13-14,16-18,21,26,32-33,44H,9,11-12,15,19-20,22-25H2,1-8H3,(H,43,50)/t26-,32-,33?/m0/s1. The van der Waals surface area contributed by atoms with E-state index in [1.54, 1.807) is 27.9 Å². The third-order valence-corrected chi connectivity index (χ3v) is 10.3. The Balaban J connectivity index is 1.46. The summed E-state index contributed by atoms with van der Waals surface area (Å²) >= 11 is 0. The number of methoxy groups -OCH3 is 1. The number of rotatable bonds is 5. The highest BCUT2D eigenvalue weighted by Gasteiger charge is 2.37. The molecule has 0 aliphatic carbocycles. The van der Waals surface area contributed by atoms with Crippen molar-refractivity contribution in [3.63, 3.8) is 0 Å². The molecule has 4 atom stereocenters. The van der Waals surface area contributed by atoms with Crippen LogP contribution in [-0.2, 0) is 36.8 Å². The van der Waals surface area contributed by atoms with Crippen molar-refractivity contribution in [3.8, 4) is 11.3 Å². The van der Waals surface area contributed by atoms with Gasteiger partial charge in [-0.1, -0.05) is 26.0 Å². The molecule has 2 unspecified atom stereocenters. The monoisotopic (exact) mass is 728 g/mol. The van der Waals surface area contributed by atoms with Gasteiger partial charge < -0.3 is 24.1 Å². The van der Waals surface area contributed by atoms with E-state index in [9.17, 15) is 14.4 Å². The van der Waals surface area contributed by atoms with E-state index in [-0.39, 0.29) is 25.2 Å². The maximum Gasteiger partial charge on any atom is 0.408 e. The Morgan fingerprint density at radius 2 is 1.98 bits per heavy atom. The van der Waals surface area contributed by atoms with Crippen molar-refractivity contribution in [1.82, 2.24) is 30.2 Å². The number of hydrogen-bond acceptors (Lipinski definition) is 9. The van der Waals surface area contributed by atoms with Crippen LogP contribution in [0.3, 0.4) is 0 Å². The second kappa shape index (κ2) is 15.6. The summed E-state index contributed by atoms with van der Waals surface area (Å²) in [5.41, 5.74) is 9.52. The molecule has 6 rings (SSSR count). The molecular formula is C41H56N6O6. The minimum Gasteiger partial charge on any atom is -0.464 e. The van der Waals surface area contributed by atoms with Gasteiger partial charge in [-0.3, -0.25) is 24.5 Å². The summed E-state index contributed by atoms with van der Waals surface area (Å²) in [6.45, 7) is 16.8. The maximum absolute atomic E-state index is 14.1. The number of cyclic esters (lactones) is 1. The molecule has 3 aliphatic rings.